The third kappa shape index (κ3) is 4.77. The molecule has 4 heteroatoms. The monoisotopic (exact) mass is 340 g/mol. The van der Waals surface area contributed by atoms with Gasteiger partial charge in [-0.3, -0.25) is 0 Å². The molecule has 0 N–H and O–H groups in total. The van der Waals surface area contributed by atoms with Crippen molar-refractivity contribution in [2.75, 3.05) is 11.9 Å². The smallest absolute Gasteiger partial charge is 0.127 e. The summed E-state index contributed by atoms with van der Waals surface area (Å²) in [6.07, 6.45) is 0.989. The van der Waals surface area contributed by atoms with Gasteiger partial charge in [0.15, 0.2) is 0 Å². The second kappa shape index (κ2) is 7.41. The van der Waals surface area contributed by atoms with Crippen molar-refractivity contribution in [1.29, 1.82) is 0 Å². The van der Waals surface area contributed by atoms with Gasteiger partial charge in [-0.2, -0.15) is 0 Å². The first kappa shape index (κ1) is 14.2. The lowest BCUT2D eigenvalue weighted by atomic mass is 10.3. The maximum absolute atomic E-state index is 5.82. The van der Waals surface area contributed by atoms with Crippen LogP contribution in [0.25, 0.3) is 0 Å². The fraction of sp³-hybridized carbons (Fsp3) is 0.200. The SMILES string of the molecule is Clc1ccc(Oc2ccc(OCCCBr)cc2)cc1. The highest BCUT2D eigenvalue weighted by molar-refractivity contribution is 9.09. The summed E-state index contributed by atoms with van der Waals surface area (Å²) in [5.74, 6) is 2.39. The van der Waals surface area contributed by atoms with Gasteiger partial charge in [0.25, 0.3) is 0 Å². The van der Waals surface area contributed by atoms with Crippen LogP contribution in [0.15, 0.2) is 48.5 Å². The van der Waals surface area contributed by atoms with Gasteiger partial charge < -0.3 is 9.47 Å². The van der Waals surface area contributed by atoms with Gasteiger partial charge in [0.2, 0.25) is 0 Å². The molecule has 0 aromatic heterocycles. The Labute approximate surface area is 126 Å². The fourth-order valence-electron chi connectivity index (χ4n) is 1.49. The fourth-order valence-corrected chi connectivity index (χ4v) is 1.84. The van der Waals surface area contributed by atoms with Crippen LogP contribution in [0.1, 0.15) is 6.42 Å². The average molecular weight is 342 g/mol. The Morgan fingerprint density at radius 2 is 1.37 bits per heavy atom. The molecule has 0 saturated heterocycles. The van der Waals surface area contributed by atoms with E-state index in [0.29, 0.717) is 11.6 Å². The van der Waals surface area contributed by atoms with Crippen LogP contribution < -0.4 is 9.47 Å². The standard InChI is InChI=1S/C15H14BrClO2/c16-10-1-11-18-13-6-8-15(9-7-13)19-14-4-2-12(17)3-5-14/h2-9H,1,10-11H2. The van der Waals surface area contributed by atoms with Crippen LogP contribution in [-0.4, -0.2) is 11.9 Å². The van der Waals surface area contributed by atoms with E-state index in [1.165, 1.54) is 0 Å². The molecular formula is C15H14BrClO2. The third-order valence-electron chi connectivity index (χ3n) is 2.42. The Bertz CT molecular complexity index is 497. The number of alkyl halides is 1. The van der Waals surface area contributed by atoms with Crippen LogP contribution in [0.5, 0.6) is 17.2 Å². The zero-order valence-electron chi connectivity index (χ0n) is 10.3. The molecule has 0 amide bonds. The van der Waals surface area contributed by atoms with Crippen LogP contribution in [0, 0.1) is 0 Å². The number of benzene rings is 2. The van der Waals surface area contributed by atoms with Crippen molar-refractivity contribution in [1.82, 2.24) is 0 Å². The molecule has 0 fully saturated rings. The Hall–Kier alpha value is -1.19. The minimum atomic E-state index is 0.697. The Morgan fingerprint density at radius 3 is 1.95 bits per heavy atom. The molecule has 0 saturated carbocycles. The molecule has 0 aliphatic rings. The molecule has 2 rings (SSSR count). The molecule has 0 aliphatic heterocycles. The van der Waals surface area contributed by atoms with Crippen LogP contribution in [0.4, 0.5) is 0 Å². The van der Waals surface area contributed by atoms with Crippen molar-refractivity contribution in [3.8, 4) is 17.2 Å². The molecule has 0 radical (unpaired) electrons. The topological polar surface area (TPSA) is 18.5 Å². The molecular weight excluding hydrogens is 328 g/mol. The zero-order valence-corrected chi connectivity index (χ0v) is 12.7. The summed E-state index contributed by atoms with van der Waals surface area (Å²) in [6, 6.07) is 14.9. The third-order valence-corrected chi connectivity index (χ3v) is 3.23. The number of rotatable bonds is 6. The van der Waals surface area contributed by atoms with E-state index in [1.807, 2.05) is 36.4 Å². The molecule has 2 aromatic carbocycles. The number of halogens is 2. The minimum Gasteiger partial charge on any atom is -0.494 e. The molecule has 19 heavy (non-hydrogen) atoms. The molecule has 0 unspecified atom stereocenters. The number of hydrogen-bond donors (Lipinski definition) is 0. The zero-order chi connectivity index (χ0) is 13.5. The van der Waals surface area contributed by atoms with Crippen LogP contribution in [0.2, 0.25) is 5.02 Å². The van der Waals surface area contributed by atoms with E-state index in [1.54, 1.807) is 12.1 Å². The van der Waals surface area contributed by atoms with Crippen molar-refractivity contribution in [3.05, 3.63) is 53.6 Å². The normalized spacial score (nSPS) is 10.2. The van der Waals surface area contributed by atoms with Crippen molar-refractivity contribution < 1.29 is 9.47 Å². The van der Waals surface area contributed by atoms with Gasteiger partial charge in [0, 0.05) is 10.4 Å². The van der Waals surface area contributed by atoms with Crippen molar-refractivity contribution >= 4 is 27.5 Å². The lowest BCUT2D eigenvalue weighted by Crippen LogP contribution is -1.97. The van der Waals surface area contributed by atoms with E-state index in [4.69, 9.17) is 21.1 Å². The van der Waals surface area contributed by atoms with Gasteiger partial charge in [-0.1, -0.05) is 27.5 Å². The Kier molecular flexibility index (Phi) is 5.55. The Balaban J connectivity index is 1.92. The van der Waals surface area contributed by atoms with Crippen LogP contribution >= 0.6 is 27.5 Å². The largest absolute Gasteiger partial charge is 0.494 e. The van der Waals surface area contributed by atoms with Gasteiger partial charge in [-0.05, 0) is 55.0 Å². The molecule has 0 aliphatic carbocycles. The predicted molar refractivity (Wildman–Crippen MR) is 81.9 cm³/mol. The summed E-state index contributed by atoms with van der Waals surface area (Å²) in [7, 11) is 0. The first-order valence-corrected chi connectivity index (χ1v) is 7.50. The summed E-state index contributed by atoms with van der Waals surface area (Å²) in [4.78, 5) is 0. The maximum atomic E-state index is 5.82. The number of hydrogen-bond acceptors (Lipinski definition) is 2. The van der Waals surface area contributed by atoms with E-state index in [0.717, 1.165) is 29.0 Å². The summed E-state index contributed by atoms with van der Waals surface area (Å²) in [5, 5.41) is 1.65. The molecule has 0 bridgehead atoms. The van der Waals surface area contributed by atoms with Crippen molar-refractivity contribution in [2.45, 2.75) is 6.42 Å². The first-order valence-electron chi connectivity index (χ1n) is 6.00. The van der Waals surface area contributed by atoms with Crippen LogP contribution in [0.3, 0.4) is 0 Å². The second-order valence-electron chi connectivity index (χ2n) is 3.92. The lowest BCUT2D eigenvalue weighted by Gasteiger charge is -2.08. The van der Waals surface area contributed by atoms with Gasteiger partial charge >= 0.3 is 0 Å². The minimum absolute atomic E-state index is 0.697. The molecule has 0 spiro atoms. The molecule has 100 valence electrons. The Morgan fingerprint density at radius 1 is 0.842 bits per heavy atom. The van der Waals surface area contributed by atoms with Gasteiger partial charge in [0.1, 0.15) is 17.2 Å². The highest BCUT2D eigenvalue weighted by atomic mass is 79.9. The molecule has 0 atom stereocenters. The molecule has 2 nitrogen and oxygen atoms in total. The van der Waals surface area contributed by atoms with Gasteiger partial charge in [-0.25, -0.2) is 0 Å². The lowest BCUT2D eigenvalue weighted by molar-refractivity contribution is 0.318. The summed E-state index contributed by atoms with van der Waals surface area (Å²) in [6.45, 7) is 0.711. The highest BCUT2D eigenvalue weighted by Crippen LogP contribution is 2.25. The summed E-state index contributed by atoms with van der Waals surface area (Å²) >= 11 is 9.19. The van der Waals surface area contributed by atoms with E-state index < -0.39 is 0 Å². The van der Waals surface area contributed by atoms with Crippen molar-refractivity contribution in [3.63, 3.8) is 0 Å². The summed E-state index contributed by atoms with van der Waals surface area (Å²) < 4.78 is 11.3. The van der Waals surface area contributed by atoms with Crippen molar-refractivity contribution in [2.24, 2.45) is 0 Å². The molecule has 2 aromatic rings. The van der Waals surface area contributed by atoms with E-state index >= 15 is 0 Å². The van der Waals surface area contributed by atoms with Gasteiger partial charge in [0.05, 0.1) is 6.61 Å². The number of ether oxygens (including phenoxy) is 2. The van der Waals surface area contributed by atoms with E-state index in [-0.39, 0.29) is 0 Å². The predicted octanol–water partition coefficient (Wildman–Crippen LogP) is 5.30. The molecule has 0 heterocycles. The van der Waals surface area contributed by atoms with Crippen LogP contribution in [-0.2, 0) is 0 Å². The summed E-state index contributed by atoms with van der Waals surface area (Å²) in [5.41, 5.74) is 0. The quantitative estimate of drug-likeness (QED) is 0.524. The van der Waals surface area contributed by atoms with Gasteiger partial charge in [-0.15, -0.1) is 0 Å². The average Bonchev–Trinajstić information content (AvgIpc) is 2.44. The van der Waals surface area contributed by atoms with E-state index in [2.05, 4.69) is 15.9 Å². The first-order chi connectivity index (χ1) is 9.28. The second-order valence-corrected chi connectivity index (χ2v) is 5.15. The van der Waals surface area contributed by atoms with E-state index in [9.17, 15) is 0 Å². The highest BCUT2D eigenvalue weighted by Gasteiger charge is 1.99. The maximum Gasteiger partial charge on any atom is 0.127 e.